The molecule has 1 aliphatic carbocycles. The topological polar surface area (TPSA) is 64.6 Å². The molecule has 29 heavy (non-hydrogen) atoms. The lowest BCUT2D eigenvalue weighted by atomic mass is 9.85. The van der Waals surface area contributed by atoms with Crippen molar-refractivity contribution in [3.63, 3.8) is 0 Å². The van der Waals surface area contributed by atoms with Gasteiger partial charge in [0.05, 0.1) is 12.2 Å². The van der Waals surface area contributed by atoms with Gasteiger partial charge in [-0.2, -0.15) is 0 Å². The number of hydrogen-bond acceptors (Lipinski definition) is 5. The number of anilines is 1. The van der Waals surface area contributed by atoms with Gasteiger partial charge in [0, 0.05) is 9.90 Å². The highest BCUT2D eigenvalue weighted by atomic mass is 35.5. The van der Waals surface area contributed by atoms with Crippen LogP contribution in [0.3, 0.4) is 0 Å². The number of fused-ring (bicyclic) bond motifs is 1. The van der Waals surface area contributed by atoms with Gasteiger partial charge < -0.3 is 14.8 Å². The van der Waals surface area contributed by atoms with Gasteiger partial charge >= 0.3 is 5.97 Å². The van der Waals surface area contributed by atoms with Gasteiger partial charge in [-0.3, -0.25) is 4.79 Å². The van der Waals surface area contributed by atoms with Crippen LogP contribution in [0.2, 0.25) is 5.02 Å². The maximum atomic E-state index is 12.6. The van der Waals surface area contributed by atoms with Gasteiger partial charge in [-0.05, 0) is 68.4 Å². The average molecular weight is 436 g/mol. The van der Waals surface area contributed by atoms with E-state index in [-0.39, 0.29) is 18.5 Å². The molecule has 1 amide bonds. The maximum absolute atomic E-state index is 12.6. The Balaban J connectivity index is 1.75. The van der Waals surface area contributed by atoms with Crippen molar-refractivity contribution >= 4 is 39.8 Å². The fourth-order valence-corrected chi connectivity index (χ4v) is 5.18. The van der Waals surface area contributed by atoms with Crippen molar-refractivity contribution in [1.29, 1.82) is 0 Å². The van der Waals surface area contributed by atoms with Crippen LogP contribution in [0.1, 0.15) is 53.1 Å². The Labute approximate surface area is 180 Å². The Bertz CT molecular complexity index is 908. The van der Waals surface area contributed by atoms with Gasteiger partial charge in [0.15, 0.2) is 6.61 Å². The van der Waals surface area contributed by atoms with Gasteiger partial charge in [0.1, 0.15) is 10.8 Å². The monoisotopic (exact) mass is 435 g/mol. The van der Waals surface area contributed by atoms with Crippen molar-refractivity contribution in [3.8, 4) is 5.75 Å². The van der Waals surface area contributed by atoms with Crippen molar-refractivity contribution in [2.75, 3.05) is 18.5 Å². The molecule has 0 fully saturated rings. The van der Waals surface area contributed by atoms with Gasteiger partial charge in [0.2, 0.25) is 0 Å². The number of halogens is 1. The van der Waals surface area contributed by atoms with Crippen LogP contribution in [0.4, 0.5) is 5.00 Å². The minimum absolute atomic E-state index is 0.148. The van der Waals surface area contributed by atoms with Gasteiger partial charge in [0.25, 0.3) is 5.91 Å². The highest BCUT2D eigenvalue weighted by Crippen LogP contribution is 2.40. The molecule has 0 bridgehead atoms. The van der Waals surface area contributed by atoms with Crippen molar-refractivity contribution in [2.45, 2.75) is 46.5 Å². The zero-order chi connectivity index (χ0) is 21.0. The van der Waals surface area contributed by atoms with Crippen LogP contribution >= 0.6 is 22.9 Å². The summed E-state index contributed by atoms with van der Waals surface area (Å²) in [7, 11) is 0. The predicted molar refractivity (Wildman–Crippen MR) is 116 cm³/mol. The first kappa shape index (κ1) is 21.7. The molecule has 0 saturated carbocycles. The molecule has 1 aromatic heterocycles. The molecule has 0 aliphatic heterocycles. The molecule has 5 nitrogen and oxygen atoms in total. The van der Waals surface area contributed by atoms with Gasteiger partial charge in [-0.1, -0.05) is 24.9 Å². The van der Waals surface area contributed by atoms with E-state index in [0.29, 0.717) is 33.9 Å². The van der Waals surface area contributed by atoms with Crippen LogP contribution in [0, 0.1) is 12.8 Å². The second kappa shape index (κ2) is 9.63. The largest absolute Gasteiger partial charge is 0.483 e. The second-order valence-corrected chi connectivity index (χ2v) is 8.73. The molecule has 0 saturated heterocycles. The Kier molecular flexibility index (Phi) is 7.19. The van der Waals surface area contributed by atoms with Crippen molar-refractivity contribution in [3.05, 3.63) is 44.8 Å². The molecule has 1 heterocycles. The lowest BCUT2D eigenvalue weighted by Gasteiger charge is -2.20. The van der Waals surface area contributed by atoms with Crippen LogP contribution in [-0.4, -0.2) is 25.1 Å². The number of rotatable bonds is 7. The van der Waals surface area contributed by atoms with Crippen LogP contribution in [0.15, 0.2) is 18.2 Å². The summed E-state index contributed by atoms with van der Waals surface area (Å²) in [5.41, 5.74) is 2.40. The molecular formula is C22H26ClNO4S. The third-order valence-corrected chi connectivity index (χ3v) is 6.58. The fourth-order valence-electron chi connectivity index (χ4n) is 3.59. The molecule has 0 unspecified atom stereocenters. The number of thiophene rings is 1. The Morgan fingerprint density at radius 3 is 2.79 bits per heavy atom. The molecule has 1 aromatic carbocycles. The first-order valence-corrected chi connectivity index (χ1v) is 11.1. The van der Waals surface area contributed by atoms with Crippen molar-refractivity contribution < 1.29 is 19.1 Å². The van der Waals surface area contributed by atoms with E-state index in [9.17, 15) is 9.59 Å². The van der Waals surface area contributed by atoms with E-state index in [1.165, 1.54) is 16.2 Å². The third-order valence-electron chi connectivity index (χ3n) is 5.17. The number of carbonyl (C=O) groups is 2. The van der Waals surface area contributed by atoms with Crippen LogP contribution < -0.4 is 10.1 Å². The average Bonchev–Trinajstić information content (AvgIpc) is 3.04. The second-order valence-electron chi connectivity index (χ2n) is 7.19. The first-order valence-electron chi connectivity index (χ1n) is 9.93. The molecular weight excluding hydrogens is 410 g/mol. The van der Waals surface area contributed by atoms with Crippen LogP contribution in [-0.2, 0) is 22.4 Å². The zero-order valence-electron chi connectivity index (χ0n) is 17.0. The summed E-state index contributed by atoms with van der Waals surface area (Å²) >= 11 is 7.44. The molecule has 2 aromatic rings. The molecule has 1 aliphatic rings. The quantitative estimate of drug-likeness (QED) is 0.590. The minimum atomic E-state index is -0.371. The SMILES string of the molecule is CCOC(=O)c1c(NC(=O)COc2ccc(Cl)cc2C)sc2c1CC[C@@H](CC)C2. The van der Waals surface area contributed by atoms with E-state index in [4.69, 9.17) is 21.1 Å². The van der Waals surface area contributed by atoms with E-state index < -0.39 is 0 Å². The van der Waals surface area contributed by atoms with Gasteiger partial charge in [-0.25, -0.2) is 4.79 Å². The van der Waals surface area contributed by atoms with Crippen molar-refractivity contribution in [1.82, 2.24) is 0 Å². The lowest BCUT2D eigenvalue weighted by molar-refractivity contribution is -0.118. The summed E-state index contributed by atoms with van der Waals surface area (Å²) < 4.78 is 10.9. The van der Waals surface area contributed by atoms with E-state index in [2.05, 4.69) is 12.2 Å². The summed E-state index contributed by atoms with van der Waals surface area (Å²) in [6.45, 7) is 5.99. The highest BCUT2D eigenvalue weighted by molar-refractivity contribution is 7.17. The number of aryl methyl sites for hydroxylation is 1. The Morgan fingerprint density at radius 2 is 2.10 bits per heavy atom. The standard InChI is InChI=1S/C22H26ClNO4S/c1-4-14-6-8-16-18(11-14)29-21(20(16)22(26)27-5-2)24-19(25)12-28-17-9-7-15(23)10-13(17)3/h7,9-10,14H,4-6,8,11-12H2,1-3H3,(H,24,25)/t14-/m1/s1. The first-order chi connectivity index (χ1) is 13.9. The summed E-state index contributed by atoms with van der Waals surface area (Å²) in [4.78, 5) is 26.3. The number of hydrogen-bond donors (Lipinski definition) is 1. The van der Waals surface area contributed by atoms with E-state index in [1.54, 1.807) is 25.1 Å². The number of esters is 1. The molecule has 1 N–H and O–H groups in total. The molecule has 0 radical (unpaired) electrons. The number of nitrogens with one attached hydrogen (secondary N) is 1. The lowest BCUT2D eigenvalue weighted by Crippen LogP contribution is -2.21. The third kappa shape index (κ3) is 5.11. The maximum Gasteiger partial charge on any atom is 0.341 e. The minimum Gasteiger partial charge on any atom is -0.483 e. The van der Waals surface area contributed by atoms with Gasteiger partial charge in [-0.15, -0.1) is 11.3 Å². The molecule has 1 atom stereocenters. The molecule has 156 valence electrons. The van der Waals surface area contributed by atoms with Crippen LogP contribution in [0.5, 0.6) is 5.75 Å². The Morgan fingerprint density at radius 1 is 1.31 bits per heavy atom. The molecule has 7 heteroatoms. The summed E-state index contributed by atoms with van der Waals surface area (Å²) in [5, 5.41) is 4.05. The fraction of sp³-hybridized carbons (Fsp3) is 0.455. The zero-order valence-corrected chi connectivity index (χ0v) is 18.5. The highest BCUT2D eigenvalue weighted by Gasteiger charge is 2.29. The predicted octanol–water partition coefficient (Wildman–Crippen LogP) is 5.42. The van der Waals surface area contributed by atoms with E-state index >= 15 is 0 Å². The van der Waals surface area contributed by atoms with E-state index in [0.717, 1.165) is 36.8 Å². The van der Waals surface area contributed by atoms with Crippen molar-refractivity contribution in [2.24, 2.45) is 5.92 Å². The smallest absolute Gasteiger partial charge is 0.341 e. The number of amides is 1. The number of benzene rings is 1. The molecule has 3 rings (SSSR count). The van der Waals surface area contributed by atoms with Crippen LogP contribution in [0.25, 0.3) is 0 Å². The molecule has 0 spiro atoms. The normalized spacial score (nSPS) is 15.5. The van der Waals surface area contributed by atoms with E-state index in [1.807, 2.05) is 6.92 Å². The summed E-state index contributed by atoms with van der Waals surface area (Å²) in [6.07, 6.45) is 3.95. The summed E-state index contributed by atoms with van der Waals surface area (Å²) in [5.74, 6) is 0.544. The number of carbonyl (C=O) groups excluding carboxylic acids is 2. The Hall–Kier alpha value is -2.05. The number of ether oxygens (including phenoxy) is 2. The summed E-state index contributed by atoms with van der Waals surface area (Å²) in [6, 6.07) is 5.24.